The number of aryl methyl sites for hydroxylation is 1. The Hall–Kier alpha value is -2.11. The predicted octanol–water partition coefficient (Wildman–Crippen LogP) is 3.97. The van der Waals surface area contributed by atoms with Crippen molar-refractivity contribution in [1.82, 2.24) is 4.31 Å². The van der Waals surface area contributed by atoms with Gasteiger partial charge in [-0.3, -0.25) is 4.31 Å². The summed E-state index contributed by atoms with van der Waals surface area (Å²) >= 11 is 0. The SMILES string of the molecule is Cc1ccc(S(=O)(=O)N2CCC(c3ccccc3)C=C2C2(O)CCC2)cc1. The Morgan fingerprint density at radius 1 is 1.04 bits per heavy atom. The van der Waals surface area contributed by atoms with E-state index in [9.17, 15) is 13.5 Å². The molecule has 0 amide bonds. The van der Waals surface area contributed by atoms with Crippen molar-refractivity contribution in [3.8, 4) is 0 Å². The molecule has 4 nitrogen and oxygen atoms in total. The Bertz CT molecular complexity index is 945. The van der Waals surface area contributed by atoms with E-state index in [2.05, 4.69) is 12.1 Å². The van der Waals surface area contributed by atoms with E-state index in [1.165, 1.54) is 4.31 Å². The lowest BCUT2D eigenvalue weighted by atomic mass is 9.75. The van der Waals surface area contributed by atoms with Crippen LogP contribution < -0.4 is 0 Å². The first-order valence-electron chi connectivity index (χ1n) is 9.49. The Morgan fingerprint density at radius 2 is 1.70 bits per heavy atom. The van der Waals surface area contributed by atoms with Crippen LogP contribution in [-0.2, 0) is 10.0 Å². The highest BCUT2D eigenvalue weighted by Crippen LogP contribution is 2.45. The molecule has 1 N–H and O–H groups in total. The van der Waals surface area contributed by atoms with Crippen molar-refractivity contribution < 1.29 is 13.5 Å². The van der Waals surface area contributed by atoms with Crippen LogP contribution in [0.25, 0.3) is 0 Å². The minimum absolute atomic E-state index is 0.121. The fraction of sp³-hybridized carbons (Fsp3) is 0.364. The first-order chi connectivity index (χ1) is 12.9. The van der Waals surface area contributed by atoms with E-state index in [0.717, 1.165) is 17.5 Å². The molecule has 1 heterocycles. The zero-order valence-electron chi connectivity index (χ0n) is 15.5. The molecule has 0 radical (unpaired) electrons. The lowest BCUT2D eigenvalue weighted by molar-refractivity contribution is -0.0149. The molecule has 0 aromatic heterocycles. The van der Waals surface area contributed by atoms with Gasteiger partial charge in [-0.2, -0.15) is 0 Å². The molecule has 1 aliphatic carbocycles. The van der Waals surface area contributed by atoms with E-state index in [1.807, 2.05) is 43.3 Å². The summed E-state index contributed by atoms with van der Waals surface area (Å²) in [5.74, 6) is 0.121. The van der Waals surface area contributed by atoms with Gasteiger partial charge in [-0.1, -0.05) is 54.1 Å². The minimum atomic E-state index is -3.69. The highest BCUT2D eigenvalue weighted by molar-refractivity contribution is 7.89. The molecule has 1 saturated carbocycles. The van der Waals surface area contributed by atoms with Crippen LogP contribution in [0.2, 0.25) is 0 Å². The van der Waals surface area contributed by atoms with Crippen molar-refractivity contribution in [2.24, 2.45) is 0 Å². The molecule has 5 heteroatoms. The fourth-order valence-corrected chi connectivity index (χ4v) is 5.51. The number of nitrogens with zero attached hydrogens (tertiary/aromatic N) is 1. The van der Waals surface area contributed by atoms with Gasteiger partial charge >= 0.3 is 0 Å². The molecule has 1 atom stereocenters. The Labute approximate surface area is 161 Å². The summed E-state index contributed by atoms with van der Waals surface area (Å²) in [4.78, 5) is 0.278. The maximum absolute atomic E-state index is 13.3. The van der Waals surface area contributed by atoms with E-state index in [0.29, 0.717) is 31.5 Å². The zero-order chi connectivity index (χ0) is 19.1. The summed E-state index contributed by atoms with van der Waals surface area (Å²) in [6.07, 6.45) is 4.82. The molecule has 2 aliphatic rings. The first kappa shape index (κ1) is 18.3. The molecular formula is C22H25NO3S. The van der Waals surface area contributed by atoms with Crippen molar-refractivity contribution in [3.63, 3.8) is 0 Å². The summed E-state index contributed by atoms with van der Waals surface area (Å²) in [7, 11) is -3.69. The van der Waals surface area contributed by atoms with Crippen molar-refractivity contribution in [1.29, 1.82) is 0 Å². The standard InChI is InChI=1S/C22H25NO3S/c1-17-8-10-20(11-9-17)27(25,26)23-15-12-19(18-6-3-2-4-7-18)16-21(23)22(24)13-5-14-22/h2-4,6-11,16,19,24H,5,12-15H2,1H3. The molecule has 4 rings (SSSR count). The Balaban J connectivity index is 1.75. The third-order valence-electron chi connectivity index (χ3n) is 5.77. The third-order valence-corrected chi connectivity index (χ3v) is 7.59. The van der Waals surface area contributed by atoms with Gasteiger partial charge in [0.15, 0.2) is 0 Å². The van der Waals surface area contributed by atoms with Crippen LogP contribution in [0.15, 0.2) is 71.3 Å². The molecular weight excluding hydrogens is 358 g/mol. The molecule has 2 aromatic carbocycles. The van der Waals surface area contributed by atoms with Gasteiger partial charge in [-0.15, -0.1) is 0 Å². The first-order valence-corrected chi connectivity index (χ1v) is 10.9. The van der Waals surface area contributed by atoms with E-state index in [4.69, 9.17) is 0 Å². The van der Waals surface area contributed by atoms with Crippen LogP contribution >= 0.6 is 0 Å². The van der Waals surface area contributed by atoms with Gasteiger partial charge in [0.05, 0.1) is 10.6 Å². The Morgan fingerprint density at radius 3 is 2.30 bits per heavy atom. The highest BCUT2D eigenvalue weighted by atomic mass is 32.2. The van der Waals surface area contributed by atoms with Gasteiger partial charge in [-0.05, 0) is 50.3 Å². The van der Waals surface area contributed by atoms with E-state index in [-0.39, 0.29) is 10.8 Å². The summed E-state index contributed by atoms with van der Waals surface area (Å²) in [6, 6.07) is 17.0. The van der Waals surface area contributed by atoms with Gasteiger partial charge in [0.25, 0.3) is 10.0 Å². The maximum Gasteiger partial charge on any atom is 0.264 e. The second-order valence-electron chi connectivity index (χ2n) is 7.63. The molecule has 27 heavy (non-hydrogen) atoms. The van der Waals surface area contributed by atoms with Crippen molar-refractivity contribution >= 4 is 10.0 Å². The van der Waals surface area contributed by atoms with Gasteiger partial charge in [0.2, 0.25) is 0 Å². The molecule has 142 valence electrons. The molecule has 1 aliphatic heterocycles. The quantitative estimate of drug-likeness (QED) is 0.869. The number of rotatable bonds is 4. The molecule has 0 spiro atoms. The molecule has 0 saturated heterocycles. The molecule has 1 fully saturated rings. The lowest BCUT2D eigenvalue weighted by Crippen LogP contribution is -2.49. The number of hydrogen-bond acceptors (Lipinski definition) is 3. The average Bonchev–Trinajstić information content (AvgIpc) is 2.66. The Kier molecular flexibility index (Phi) is 4.60. The smallest absolute Gasteiger partial charge is 0.264 e. The van der Waals surface area contributed by atoms with Crippen LogP contribution in [0.5, 0.6) is 0 Å². The topological polar surface area (TPSA) is 57.6 Å². The minimum Gasteiger partial charge on any atom is -0.384 e. The van der Waals surface area contributed by atoms with Crippen molar-refractivity contribution in [3.05, 3.63) is 77.5 Å². The van der Waals surface area contributed by atoms with Gasteiger partial charge in [0.1, 0.15) is 5.60 Å². The predicted molar refractivity (Wildman–Crippen MR) is 106 cm³/mol. The van der Waals surface area contributed by atoms with E-state index >= 15 is 0 Å². The second kappa shape index (κ2) is 6.80. The van der Waals surface area contributed by atoms with Crippen molar-refractivity contribution in [2.75, 3.05) is 6.54 Å². The maximum atomic E-state index is 13.3. The van der Waals surface area contributed by atoms with Crippen LogP contribution in [0.3, 0.4) is 0 Å². The number of hydrogen-bond donors (Lipinski definition) is 1. The zero-order valence-corrected chi connectivity index (χ0v) is 16.3. The summed E-state index contributed by atoms with van der Waals surface area (Å²) < 4.78 is 28.1. The number of sulfonamides is 1. The third kappa shape index (κ3) is 3.30. The van der Waals surface area contributed by atoms with Crippen molar-refractivity contribution in [2.45, 2.75) is 49.0 Å². The number of benzene rings is 2. The monoisotopic (exact) mass is 383 g/mol. The largest absolute Gasteiger partial charge is 0.384 e. The lowest BCUT2D eigenvalue weighted by Gasteiger charge is -2.46. The molecule has 2 aromatic rings. The number of allylic oxidation sites excluding steroid dienone is 1. The molecule has 0 bridgehead atoms. The van der Waals surface area contributed by atoms with Gasteiger partial charge in [0, 0.05) is 12.5 Å². The van der Waals surface area contributed by atoms with E-state index in [1.54, 1.807) is 12.1 Å². The fourth-order valence-electron chi connectivity index (χ4n) is 3.94. The average molecular weight is 384 g/mol. The highest BCUT2D eigenvalue weighted by Gasteiger charge is 2.45. The van der Waals surface area contributed by atoms with Gasteiger partial charge in [-0.25, -0.2) is 8.42 Å². The van der Waals surface area contributed by atoms with Crippen LogP contribution in [0.1, 0.15) is 42.7 Å². The normalized spacial score (nSPS) is 22.1. The van der Waals surface area contributed by atoms with Crippen LogP contribution in [0, 0.1) is 6.92 Å². The van der Waals surface area contributed by atoms with Gasteiger partial charge < -0.3 is 5.11 Å². The van der Waals surface area contributed by atoms with E-state index < -0.39 is 15.6 Å². The number of aliphatic hydroxyl groups is 1. The summed E-state index contributed by atoms with van der Waals surface area (Å²) in [5.41, 5.74) is 1.69. The summed E-state index contributed by atoms with van der Waals surface area (Å²) in [6.45, 7) is 2.31. The molecule has 1 unspecified atom stereocenters. The van der Waals surface area contributed by atoms with Crippen LogP contribution in [-0.4, -0.2) is 30.0 Å². The van der Waals surface area contributed by atoms with Crippen LogP contribution in [0.4, 0.5) is 0 Å². The second-order valence-corrected chi connectivity index (χ2v) is 9.50. The summed E-state index contributed by atoms with van der Waals surface area (Å²) in [5, 5.41) is 11.0.